The second kappa shape index (κ2) is 3.99. The number of ether oxygens (including phenoxy) is 1. The lowest BCUT2D eigenvalue weighted by Crippen LogP contribution is -2.09. The normalized spacial score (nSPS) is 17.5. The predicted octanol–water partition coefficient (Wildman–Crippen LogP) is 2.20. The van der Waals surface area contributed by atoms with Crippen LogP contribution in [0, 0.1) is 0 Å². The predicted molar refractivity (Wildman–Crippen MR) is 58.3 cm³/mol. The maximum atomic E-state index is 9.74. The molecule has 1 saturated carbocycles. The van der Waals surface area contributed by atoms with Crippen LogP contribution in [0.3, 0.4) is 0 Å². The molecule has 1 heterocycles. The average Bonchev–Trinajstić information content (AvgIpc) is 2.95. The molecule has 82 valence electrons. The van der Waals surface area contributed by atoms with Crippen LogP contribution in [0.15, 0.2) is 12.3 Å². The monoisotopic (exact) mass is 227 g/mol. The molecular formula is C11H14ClNO2. The molecule has 1 aromatic heterocycles. The lowest BCUT2D eigenvalue weighted by Gasteiger charge is -2.11. The largest absolute Gasteiger partial charge is 0.481 e. The van der Waals surface area contributed by atoms with Crippen molar-refractivity contribution < 1.29 is 9.84 Å². The van der Waals surface area contributed by atoms with E-state index in [-0.39, 0.29) is 0 Å². The molecule has 3 nitrogen and oxygen atoms in total. The van der Waals surface area contributed by atoms with Crippen LogP contribution < -0.4 is 4.74 Å². The fourth-order valence-electron chi connectivity index (χ4n) is 1.61. The minimum Gasteiger partial charge on any atom is -0.481 e. The number of nitrogens with zero attached hydrogens (tertiary/aromatic N) is 1. The van der Waals surface area contributed by atoms with E-state index in [1.807, 2.05) is 0 Å². The summed E-state index contributed by atoms with van der Waals surface area (Å²) in [4.78, 5) is 4.09. The maximum absolute atomic E-state index is 9.74. The van der Waals surface area contributed by atoms with Gasteiger partial charge in [0.2, 0.25) is 5.88 Å². The van der Waals surface area contributed by atoms with Gasteiger partial charge in [0, 0.05) is 11.8 Å². The Morgan fingerprint density at radius 1 is 1.60 bits per heavy atom. The fraction of sp³-hybridized carbons (Fsp3) is 0.545. The van der Waals surface area contributed by atoms with Crippen molar-refractivity contribution in [1.82, 2.24) is 4.98 Å². The Labute approximate surface area is 94.0 Å². The Bertz CT molecular complexity index is 364. The van der Waals surface area contributed by atoms with Crippen LogP contribution >= 0.6 is 11.6 Å². The summed E-state index contributed by atoms with van der Waals surface area (Å²) in [6, 6.07) is 1.75. The van der Waals surface area contributed by atoms with E-state index < -0.39 is 5.60 Å². The second-order valence-electron chi connectivity index (χ2n) is 4.00. The van der Waals surface area contributed by atoms with E-state index in [1.54, 1.807) is 19.4 Å². The van der Waals surface area contributed by atoms with Crippen LogP contribution in [0.25, 0.3) is 0 Å². The van der Waals surface area contributed by atoms with Crippen molar-refractivity contribution in [3.05, 3.63) is 22.8 Å². The van der Waals surface area contributed by atoms with Crippen molar-refractivity contribution in [2.24, 2.45) is 0 Å². The molecule has 0 atom stereocenters. The highest BCUT2D eigenvalue weighted by molar-refractivity contribution is 6.31. The zero-order valence-electron chi connectivity index (χ0n) is 8.66. The summed E-state index contributed by atoms with van der Waals surface area (Å²) in [5, 5.41) is 10.4. The number of aromatic nitrogens is 1. The van der Waals surface area contributed by atoms with E-state index in [2.05, 4.69) is 4.98 Å². The molecule has 4 heteroatoms. The zero-order chi connectivity index (χ0) is 10.9. The second-order valence-corrected chi connectivity index (χ2v) is 4.41. The number of hydrogen-bond donors (Lipinski definition) is 1. The Hall–Kier alpha value is -0.800. The van der Waals surface area contributed by atoms with Crippen molar-refractivity contribution in [3.8, 4) is 5.88 Å². The number of hydrogen-bond acceptors (Lipinski definition) is 3. The highest BCUT2D eigenvalue weighted by Gasteiger charge is 2.39. The first-order valence-corrected chi connectivity index (χ1v) is 5.42. The van der Waals surface area contributed by atoms with Crippen molar-refractivity contribution in [2.45, 2.75) is 31.3 Å². The molecule has 0 aliphatic heterocycles. The van der Waals surface area contributed by atoms with E-state index in [4.69, 9.17) is 16.3 Å². The summed E-state index contributed by atoms with van der Waals surface area (Å²) in [7, 11) is 1.58. The van der Waals surface area contributed by atoms with Crippen molar-refractivity contribution in [3.63, 3.8) is 0 Å². The Kier molecular flexibility index (Phi) is 2.85. The molecular weight excluding hydrogens is 214 g/mol. The number of aliphatic hydroxyl groups is 1. The van der Waals surface area contributed by atoms with Gasteiger partial charge in [-0.25, -0.2) is 4.98 Å². The van der Waals surface area contributed by atoms with Crippen molar-refractivity contribution >= 4 is 11.6 Å². The van der Waals surface area contributed by atoms with Crippen LogP contribution in [0.5, 0.6) is 5.88 Å². The van der Waals surface area contributed by atoms with Gasteiger partial charge in [0.05, 0.1) is 17.7 Å². The van der Waals surface area contributed by atoms with Gasteiger partial charge in [-0.15, -0.1) is 0 Å². The number of rotatable bonds is 4. The summed E-state index contributed by atoms with van der Waals surface area (Å²) in [5.74, 6) is 0.562. The molecule has 1 fully saturated rings. The average molecular weight is 228 g/mol. The molecule has 0 bridgehead atoms. The molecule has 0 saturated heterocycles. The van der Waals surface area contributed by atoms with Gasteiger partial charge in [-0.3, -0.25) is 0 Å². The Balaban J connectivity index is 2.11. The lowest BCUT2D eigenvalue weighted by atomic mass is 10.1. The number of methoxy groups -OCH3 is 1. The molecule has 2 rings (SSSR count). The fourth-order valence-corrected chi connectivity index (χ4v) is 1.84. The molecule has 0 radical (unpaired) electrons. The molecule has 1 aromatic rings. The van der Waals surface area contributed by atoms with E-state index in [9.17, 15) is 5.11 Å². The first-order valence-electron chi connectivity index (χ1n) is 5.04. The van der Waals surface area contributed by atoms with Crippen LogP contribution in [-0.4, -0.2) is 22.8 Å². The van der Waals surface area contributed by atoms with E-state index in [0.717, 1.165) is 24.8 Å². The highest BCUT2D eigenvalue weighted by atomic mass is 35.5. The smallest absolute Gasteiger partial charge is 0.217 e. The molecule has 15 heavy (non-hydrogen) atoms. The van der Waals surface area contributed by atoms with Gasteiger partial charge < -0.3 is 9.84 Å². The van der Waals surface area contributed by atoms with Gasteiger partial charge in [0.25, 0.3) is 0 Å². The summed E-state index contributed by atoms with van der Waals surface area (Å²) >= 11 is 6.06. The van der Waals surface area contributed by atoms with E-state index in [1.165, 1.54) is 0 Å². The minimum atomic E-state index is -0.454. The highest BCUT2D eigenvalue weighted by Crippen LogP contribution is 2.40. The van der Waals surface area contributed by atoms with Crippen molar-refractivity contribution in [2.75, 3.05) is 7.11 Å². The molecule has 0 aromatic carbocycles. The van der Waals surface area contributed by atoms with Crippen LogP contribution in [0.4, 0.5) is 0 Å². The summed E-state index contributed by atoms with van der Waals surface area (Å²) < 4.78 is 5.13. The van der Waals surface area contributed by atoms with Gasteiger partial charge in [-0.1, -0.05) is 11.6 Å². The Morgan fingerprint density at radius 3 is 2.93 bits per heavy atom. The van der Waals surface area contributed by atoms with E-state index >= 15 is 0 Å². The first-order chi connectivity index (χ1) is 7.14. The van der Waals surface area contributed by atoms with Crippen molar-refractivity contribution in [1.29, 1.82) is 0 Å². The molecule has 0 unspecified atom stereocenters. The van der Waals surface area contributed by atoms with Gasteiger partial charge >= 0.3 is 0 Å². The third-order valence-corrected chi connectivity index (χ3v) is 3.17. The van der Waals surface area contributed by atoms with Crippen LogP contribution in [-0.2, 0) is 6.42 Å². The third-order valence-electron chi connectivity index (χ3n) is 2.82. The summed E-state index contributed by atoms with van der Waals surface area (Å²) in [6.07, 6.45) is 4.86. The Morgan fingerprint density at radius 2 is 2.33 bits per heavy atom. The molecule has 1 N–H and O–H groups in total. The lowest BCUT2D eigenvalue weighted by molar-refractivity contribution is 0.140. The molecule has 1 aliphatic carbocycles. The van der Waals surface area contributed by atoms with Crippen LogP contribution in [0.2, 0.25) is 5.02 Å². The number of pyridine rings is 1. The van der Waals surface area contributed by atoms with E-state index in [0.29, 0.717) is 17.3 Å². The standard InChI is InChI=1S/C11H14ClNO2/c1-15-10-8(9(12)3-7-13-10)2-4-11(14)5-6-11/h3,7,14H,2,4-6H2,1H3. The molecule has 0 amide bonds. The topological polar surface area (TPSA) is 42.4 Å². The maximum Gasteiger partial charge on any atom is 0.217 e. The molecule has 0 spiro atoms. The minimum absolute atomic E-state index is 0.454. The third kappa shape index (κ3) is 2.41. The van der Waals surface area contributed by atoms with Gasteiger partial charge in [0.15, 0.2) is 0 Å². The van der Waals surface area contributed by atoms with Gasteiger partial charge in [0.1, 0.15) is 0 Å². The number of halogens is 1. The van der Waals surface area contributed by atoms with Gasteiger partial charge in [-0.05, 0) is 31.7 Å². The SMILES string of the molecule is COc1nccc(Cl)c1CCC1(O)CC1. The zero-order valence-corrected chi connectivity index (χ0v) is 9.42. The first kappa shape index (κ1) is 10.7. The van der Waals surface area contributed by atoms with Gasteiger partial charge in [-0.2, -0.15) is 0 Å². The summed E-state index contributed by atoms with van der Waals surface area (Å²) in [6.45, 7) is 0. The molecule has 1 aliphatic rings. The summed E-state index contributed by atoms with van der Waals surface area (Å²) in [5.41, 5.74) is 0.437. The van der Waals surface area contributed by atoms with Crippen LogP contribution in [0.1, 0.15) is 24.8 Å². The quantitative estimate of drug-likeness (QED) is 0.858.